The van der Waals surface area contributed by atoms with Crippen molar-refractivity contribution in [2.24, 2.45) is 5.92 Å². The lowest BCUT2D eigenvalue weighted by Crippen LogP contribution is -2.29. The van der Waals surface area contributed by atoms with Crippen LogP contribution in [0.4, 0.5) is 4.39 Å². The van der Waals surface area contributed by atoms with Crippen molar-refractivity contribution in [1.29, 1.82) is 0 Å². The van der Waals surface area contributed by atoms with Crippen LogP contribution in [0.3, 0.4) is 0 Å². The van der Waals surface area contributed by atoms with E-state index in [0.29, 0.717) is 38.0 Å². The predicted octanol–water partition coefficient (Wildman–Crippen LogP) is 3.02. The van der Waals surface area contributed by atoms with E-state index in [9.17, 15) is 14.0 Å². The smallest absolute Gasteiger partial charge is 0.338 e. The molecule has 5 nitrogen and oxygen atoms in total. The fourth-order valence-corrected chi connectivity index (χ4v) is 2.61. The molecule has 1 aliphatic rings. The van der Waals surface area contributed by atoms with E-state index in [1.165, 1.54) is 12.1 Å². The Labute approximate surface area is 128 Å². The third-order valence-electron chi connectivity index (χ3n) is 3.77. The number of aromatic carboxylic acids is 1. The zero-order valence-corrected chi connectivity index (χ0v) is 12.4. The first kappa shape index (κ1) is 16.3. The summed E-state index contributed by atoms with van der Waals surface area (Å²) in [5.41, 5.74) is -0.377. The van der Waals surface area contributed by atoms with Crippen LogP contribution in [0, 0.1) is 11.7 Å². The number of ether oxygens (including phenoxy) is 2. The molecule has 0 aromatic heterocycles. The van der Waals surface area contributed by atoms with Crippen LogP contribution in [-0.2, 0) is 9.53 Å². The molecule has 2 rings (SSSR count). The summed E-state index contributed by atoms with van der Waals surface area (Å²) >= 11 is 0. The van der Waals surface area contributed by atoms with E-state index in [1.54, 1.807) is 6.92 Å². The van der Waals surface area contributed by atoms with Crippen LogP contribution in [0.1, 0.15) is 43.0 Å². The fourth-order valence-electron chi connectivity index (χ4n) is 2.61. The summed E-state index contributed by atoms with van der Waals surface area (Å²) < 4.78 is 24.3. The quantitative estimate of drug-likeness (QED) is 0.846. The fraction of sp³-hybridized carbons (Fsp3) is 0.500. The predicted molar refractivity (Wildman–Crippen MR) is 76.4 cm³/mol. The Morgan fingerprint density at radius 3 is 2.50 bits per heavy atom. The van der Waals surface area contributed by atoms with Crippen molar-refractivity contribution in [2.45, 2.75) is 38.7 Å². The van der Waals surface area contributed by atoms with Gasteiger partial charge in [-0.25, -0.2) is 9.18 Å². The van der Waals surface area contributed by atoms with Crippen molar-refractivity contribution in [3.05, 3.63) is 29.6 Å². The maximum atomic E-state index is 13.6. The maximum Gasteiger partial charge on any atom is 0.338 e. The lowest BCUT2D eigenvalue weighted by Gasteiger charge is -2.27. The second kappa shape index (κ2) is 7.24. The highest BCUT2D eigenvalue weighted by Crippen LogP contribution is 2.29. The number of esters is 1. The molecular formula is C16H19FO5. The lowest BCUT2D eigenvalue weighted by molar-refractivity contribution is -0.149. The zero-order valence-electron chi connectivity index (χ0n) is 12.4. The monoisotopic (exact) mass is 310 g/mol. The first-order chi connectivity index (χ1) is 10.5. The Kier molecular flexibility index (Phi) is 5.35. The Hall–Kier alpha value is -2.11. The number of rotatable bonds is 5. The Bertz CT molecular complexity index is 549. The minimum atomic E-state index is -1.31. The van der Waals surface area contributed by atoms with Gasteiger partial charge in [-0.1, -0.05) is 0 Å². The van der Waals surface area contributed by atoms with E-state index >= 15 is 0 Å². The van der Waals surface area contributed by atoms with Crippen LogP contribution in [-0.4, -0.2) is 29.8 Å². The van der Waals surface area contributed by atoms with Crippen LogP contribution in [0.25, 0.3) is 0 Å². The topological polar surface area (TPSA) is 72.8 Å². The van der Waals surface area contributed by atoms with Crippen LogP contribution in [0.15, 0.2) is 18.2 Å². The van der Waals surface area contributed by atoms with Gasteiger partial charge in [-0.2, -0.15) is 0 Å². The number of hydrogen-bond donors (Lipinski definition) is 1. The number of carboxylic acids is 1. The molecule has 1 N–H and O–H groups in total. The molecule has 0 aliphatic heterocycles. The second-order valence-corrected chi connectivity index (χ2v) is 5.29. The van der Waals surface area contributed by atoms with E-state index in [1.807, 2.05) is 0 Å². The Morgan fingerprint density at radius 1 is 1.27 bits per heavy atom. The van der Waals surface area contributed by atoms with Gasteiger partial charge in [-0.15, -0.1) is 0 Å². The number of carbonyl (C=O) groups is 2. The highest BCUT2D eigenvalue weighted by atomic mass is 19.1. The minimum absolute atomic E-state index is 0.0917. The van der Waals surface area contributed by atoms with Crippen LogP contribution in [0.2, 0.25) is 0 Å². The van der Waals surface area contributed by atoms with Gasteiger partial charge in [0, 0.05) is 6.07 Å². The molecule has 120 valence electrons. The highest BCUT2D eigenvalue weighted by Gasteiger charge is 2.28. The van der Waals surface area contributed by atoms with Gasteiger partial charge >= 0.3 is 11.9 Å². The zero-order chi connectivity index (χ0) is 16.1. The SMILES string of the molecule is CCOC(=O)[C@H]1CC[C@@H](Oc2ccc(C(=O)O)c(F)c2)CC1. The molecule has 1 aromatic carbocycles. The van der Waals surface area contributed by atoms with Gasteiger partial charge in [-0.3, -0.25) is 4.79 Å². The molecule has 22 heavy (non-hydrogen) atoms. The van der Waals surface area contributed by atoms with E-state index in [0.717, 1.165) is 6.07 Å². The number of benzene rings is 1. The average molecular weight is 310 g/mol. The summed E-state index contributed by atoms with van der Waals surface area (Å²) in [5, 5.41) is 8.78. The first-order valence-electron chi connectivity index (χ1n) is 7.37. The van der Waals surface area contributed by atoms with Crippen molar-refractivity contribution in [3.8, 4) is 5.75 Å². The van der Waals surface area contributed by atoms with E-state index in [2.05, 4.69) is 0 Å². The summed E-state index contributed by atoms with van der Waals surface area (Å²) in [6.07, 6.45) is 2.64. The molecule has 1 aromatic rings. The van der Waals surface area contributed by atoms with Gasteiger partial charge in [0.2, 0.25) is 0 Å². The van der Waals surface area contributed by atoms with E-state index in [-0.39, 0.29) is 23.6 Å². The highest BCUT2D eigenvalue weighted by molar-refractivity contribution is 5.88. The standard InChI is InChI=1S/C16H19FO5/c1-2-21-16(20)10-3-5-11(6-4-10)22-12-7-8-13(15(18)19)14(17)9-12/h7-11H,2-6H2,1H3,(H,18,19)/t10-,11+. The van der Waals surface area contributed by atoms with Gasteiger partial charge in [0.25, 0.3) is 0 Å². The molecule has 0 unspecified atom stereocenters. The third-order valence-corrected chi connectivity index (χ3v) is 3.77. The van der Waals surface area contributed by atoms with Gasteiger partial charge < -0.3 is 14.6 Å². The number of carbonyl (C=O) groups excluding carboxylic acids is 1. The van der Waals surface area contributed by atoms with Gasteiger partial charge in [-0.05, 0) is 44.7 Å². The first-order valence-corrected chi connectivity index (χ1v) is 7.37. The van der Waals surface area contributed by atoms with Crippen molar-refractivity contribution >= 4 is 11.9 Å². The Morgan fingerprint density at radius 2 is 1.95 bits per heavy atom. The van der Waals surface area contributed by atoms with Crippen molar-refractivity contribution < 1.29 is 28.6 Å². The van der Waals surface area contributed by atoms with Crippen molar-refractivity contribution in [2.75, 3.05) is 6.61 Å². The van der Waals surface area contributed by atoms with Crippen molar-refractivity contribution in [1.82, 2.24) is 0 Å². The third kappa shape index (κ3) is 3.96. The number of carboxylic acid groups (broad SMARTS) is 1. The summed E-state index contributed by atoms with van der Waals surface area (Å²) in [7, 11) is 0. The molecule has 1 aliphatic carbocycles. The molecule has 6 heteroatoms. The second-order valence-electron chi connectivity index (χ2n) is 5.29. The van der Waals surface area contributed by atoms with E-state index < -0.39 is 11.8 Å². The van der Waals surface area contributed by atoms with Crippen molar-refractivity contribution in [3.63, 3.8) is 0 Å². The lowest BCUT2D eigenvalue weighted by atomic mass is 9.87. The molecule has 0 heterocycles. The summed E-state index contributed by atoms with van der Waals surface area (Å²) in [4.78, 5) is 22.4. The molecule has 0 spiro atoms. The minimum Gasteiger partial charge on any atom is -0.490 e. The molecule has 0 bridgehead atoms. The summed E-state index contributed by atoms with van der Waals surface area (Å²) in [6.45, 7) is 2.16. The van der Waals surface area contributed by atoms with Gasteiger partial charge in [0.05, 0.1) is 24.2 Å². The molecular weight excluding hydrogens is 291 g/mol. The van der Waals surface area contributed by atoms with Gasteiger partial charge in [0.15, 0.2) is 0 Å². The largest absolute Gasteiger partial charge is 0.490 e. The molecule has 1 saturated carbocycles. The molecule has 0 saturated heterocycles. The Balaban J connectivity index is 1.90. The molecule has 1 fully saturated rings. The number of hydrogen-bond acceptors (Lipinski definition) is 4. The molecule has 0 atom stereocenters. The van der Waals surface area contributed by atoms with Gasteiger partial charge in [0.1, 0.15) is 11.6 Å². The number of halogens is 1. The maximum absolute atomic E-state index is 13.6. The summed E-state index contributed by atoms with van der Waals surface area (Å²) in [5.74, 6) is -2.07. The average Bonchev–Trinajstić information content (AvgIpc) is 2.48. The van der Waals surface area contributed by atoms with Crippen LogP contribution >= 0.6 is 0 Å². The van der Waals surface area contributed by atoms with Crippen LogP contribution in [0.5, 0.6) is 5.75 Å². The van der Waals surface area contributed by atoms with Crippen LogP contribution < -0.4 is 4.74 Å². The summed E-state index contributed by atoms with van der Waals surface area (Å²) in [6, 6.07) is 3.72. The normalized spacial score (nSPS) is 21.2. The molecule has 0 amide bonds. The van der Waals surface area contributed by atoms with E-state index in [4.69, 9.17) is 14.6 Å². The molecule has 0 radical (unpaired) electrons.